The van der Waals surface area contributed by atoms with E-state index in [-0.39, 0.29) is 36.3 Å². The van der Waals surface area contributed by atoms with Gasteiger partial charge in [0, 0.05) is 60.5 Å². The highest BCUT2D eigenvalue weighted by Gasteiger charge is 2.26. The second-order valence-electron chi connectivity index (χ2n) is 26.3. The first-order valence-corrected chi connectivity index (χ1v) is 38.5. The molecule has 0 saturated carbocycles. The normalized spacial score (nSPS) is 10.8. The number of thiophene rings is 1. The fourth-order valence-corrected chi connectivity index (χ4v) is 14.2. The standard InChI is InChI=1S/C33H26F3N5O.C28H22BrN5OS.C26H21Br2N5O/c1-21-3-8-26(14-29(21)25-10-12-30(35)22(2)13-25)33(42)40(18-27-9-11-28(34)15-31(27)36)19-32-39-38-20-41(32)17-24-6-4-23(16-37)5-7-24;29-24-11-9-20(10-12-24)13-14-33(28(35)26-15-23-3-1-2-4-25(23)36-26)18-27-32-31-19-34(27)17-22-7-5-21(16-30)6-8-22;27-23-10-8-19(9-11-23)12-13-32(26(34)22-2-1-3-24(28)14-22)17-25-31-30-18-33(25)16-21-6-4-20(15-29)5-7-21/h3-15,20H,17-19H2,1-2H3;1-12,15,19H,13-14,17-18H2;1-11,14,18H,12-13,16-17H2. The van der Waals surface area contributed by atoms with Crippen molar-refractivity contribution in [1.82, 2.24) is 59.0 Å². The van der Waals surface area contributed by atoms with Gasteiger partial charge in [-0.15, -0.1) is 41.9 Å². The van der Waals surface area contributed by atoms with E-state index in [4.69, 9.17) is 15.8 Å². The molecule has 0 spiro atoms. The summed E-state index contributed by atoms with van der Waals surface area (Å²) < 4.78 is 52.0. The Morgan fingerprint density at radius 1 is 0.429 bits per heavy atom. The van der Waals surface area contributed by atoms with Crippen LogP contribution in [-0.2, 0) is 58.7 Å². The van der Waals surface area contributed by atoms with Crippen LogP contribution < -0.4 is 0 Å². The molecule has 0 unspecified atom stereocenters. The van der Waals surface area contributed by atoms with Crippen LogP contribution in [0.1, 0.15) is 109 Å². The van der Waals surface area contributed by atoms with E-state index in [1.165, 1.54) is 34.7 Å². The lowest BCUT2D eigenvalue weighted by molar-refractivity contribution is 0.0718. The number of carbonyl (C=O) groups is 3. The number of rotatable bonds is 24. The molecule has 0 atom stereocenters. The van der Waals surface area contributed by atoms with Crippen molar-refractivity contribution in [2.45, 2.75) is 72.5 Å². The third-order valence-electron chi connectivity index (χ3n) is 18.5. The van der Waals surface area contributed by atoms with Crippen LogP contribution in [0.5, 0.6) is 0 Å². The molecule has 0 fully saturated rings. The number of aromatic nitrogens is 9. The number of aryl methyl sites for hydroxylation is 2. The molecule has 0 saturated heterocycles. The van der Waals surface area contributed by atoms with Crippen LogP contribution in [0.3, 0.4) is 0 Å². The molecule has 4 heterocycles. The fourth-order valence-electron chi connectivity index (χ4n) is 12.3. The van der Waals surface area contributed by atoms with Crippen LogP contribution in [0.15, 0.2) is 263 Å². The van der Waals surface area contributed by atoms with Gasteiger partial charge in [0.05, 0.1) is 79.0 Å². The molecule has 0 aliphatic carbocycles. The summed E-state index contributed by atoms with van der Waals surface area (Å²) in [6, 6.07) is 75.3. The van der Waals surface area contributed by atoms with Crippen molar-refractivity contribution in [2.24, 2.45) is 0 Å². The van der Waals surface area contributed by atoms with Crippen molar-refractivity contribution in [3.63, 3.8) is 0 Å². The van der Waals surface area contributed by atoms with E-state index in [2.05, 4.69) is 121 Å². The minimum atomic E-state index is -0.766. The van der Waals surface area contributed by atoms with Crippen molar-refractivity contribution in [3.8, 4) is 29.3 Å². The summed E-state index contributed by atoms with van der Waals surface area (Å²) in [4.78, 5) is 46.9. The zero-order chi connectivity index (χ0) is 78.6. The molecule has 0 aliphatic heterocycles. The minimum Gasteiger partial charge on any atom is -0.331 e. The van der Waals surface area contributed by atoms with Gasteiger partial charge in [0.25, 0.3) is 17.7 Å². The quantitative estimate of drug-likeness (QED) is 0.0551. The van der Waals surface area contributed by atoms with E-state index in [1.54, 1.807) is 84.8 Å². The average molecular weight is 1700 g/mol. The predicted molar refractivity (Wildman–Crippen MR) is 433 cm³/mol. The summed E-state index contributed by atoms with van der Waals surface area (Å²) >= 11 is 11.9. The van der Waals surface area contributed by atoms with Gasteiger partial charge in [0.2, 0.25) is 0 Å². The maximum Gasteiger partial charge on any atom is 0.264 e. The van der Waals surface area contributed by atoms with Gasteiger partial charge in [0.1, 0.15) is 36.4 Å². The molecule has 0 radical (unpaired) electrons. The van der Waals surface area contributed by atoms with Crippen LogP contribution in [0.4, 0.5) is 13.2 Å². The van der Waals surface area contributed by atoms with Crippen molar-refractivity contribution >= 4 is 86.9 Å². The van der Waals surface area contributed by atoms with Crippen LogP contribution >= 0.6 is 59.1 Å². The molecule has 3 amide bonds. The molecule has 10 aromatic carbocycles. The fraction of sp³-hybridized carbons (Fsp3) is 0.149. The van der Waals surface area contributed by atoms with E-state index in [0.717, 1.165) is 93.0 Å². The largest absolute Gasteiger partial charge is 0.331 e. The molecular formula is C87H69Br3F3N15O3S. The van der Waals surface area contributed by atoms with Crippen molar-refractivity contribution in [3.05, 3.63) is 375 Å². The van der Waals surface area contributed by atoms with Gasteiger partial charge in [-0.05, 0) is 203 Å². The van der Waals surface area contributed by atoms with Crippen LogP contribution in [0.25, 0.3) is 21.2 Å². The number of amides is 3. The van der Waals surface area contributed by atoms with E-state index in [1.807, 2.05) is 147 Å². The number of halogens is 6. The second-order valence-corrected chi connectivity index (χ2v) is 30.1. The number of benzene rings is 10. The number of hydrogen-bond acceptors (Lipinski definition) is 13. The van der Waals surface area contributed by atoms with Gasteiger partial charge in [-0.25, -0.2) is 13.2 Å². The Morgan fingerprint density at radius 3 is 1.38 bits per heavy atom. The molecule has 558 valence electrons. The van der Waals surface area contributed by atoms with Crippen molar-refractivity contribution in [2.75, 3.05) is 13.1 Å². The molecular weight excluding hydrogens is 1630 g/mol. The Kier molecular flexibility index (Phi) is 26.8. The summed E-state index contributed by atoms with van der Waals surface area (Å²) in [5.41, 5.74) is 11.1. The summed E-state index contributed by atoms with van der Waals surface area (Å²) in [6.45, 7) is 6.70. The zero-order valence-corrected chi connectivity index (χ0v) is 66.1. The Morgan fingerprint density at radius 2 is 0.902 bits per heavy atom. The lowest BCUT2D eigenvalue weighted by atomic mass is 9.96. The average Bonchev–Trinajstić information content (AvgIpc) is 1.68. The molecule has 0 bridgehead atoms. The first-order chi connectivity index (χ1) is 54.3. The van der Waals surface area contributed by atoms with Crippen LogP contribution in [-0.4, -0.2) is 89.8 Å². The number of nitrogens with zero attached hydrogens (tertiary/aromatic N) is 15. The highest BCUT2D eigenvalue weighted by atomic mass is 79.9. The van der Waals surface area contributed by atoms with Gasteiger partial charge >= 0.3 is 0 Å². The molecule has 14 rings (SSSR count). The minimum absolute atomic E-state index is 0.00913. The summed E-state index contributed by atoms with van der Waals surface area (Å²) in [5, 5.41) is 53.3. The maximum absolute atomic E-state index is 14.7. The van der Waals surface area contributed by atoms with Gasteiger partial charge in [0.15, 0.2) is 17.5 Å². The van der Waals surface area contributed by atoms with Gasteiger partial charge in [-0.1, -0.05) is 151 Å². The Bertz CT molecular complexity index is 5740. The molecule has 0 aliphatic rings. The lowest BCUT2D eigenvalue weighted by Crippen LogP contribution is -2.33. The molecule has 14 aromatic rings. The van der Waals surface area contributed by atoms with Crippen LogP contribution in [0, 0.1) is 65.3 Å². The first-order valence-electron chi connectivity index (χ1n) is 35.3. The SMILES string of the molecule is Cc1cc(-c2cc(C(=O)N(Cc3ccc(F)cc3F)Cc3nncn3Cc3ccc(C#N)cc3)ccc2C)ccc1F.N#Cc1ccc(Cn2cnnc2CN(CCc2ccc(Br)cc2)C(=O)c2cc3ccccc3s2)cc1.N#Cc1ccc(Cn2cnnc2CN(CCc2ccc(Br)cc2)C(=O)c2cccc(Br)c2)cc1. The van der Waals surface area contributed by atoms with Gasteiger partial charge in [-0.2, -0.15) is 15.8 Å². The second kappa shape index (κ2) is 37.9. The maximum atomic E-state index is 14.7. The monoisotopic (exact) mass is 1700 g/mol. The van der Waals surface area contributed by atoms with Gasteiger partial charge < -0.3 is 28.4 Å². The third-order valence-corrected chi connectivity index (χ3v) is 21.1. The van der Waals surface area contributed by atoms with Crippen molar-refractivity contribution in [1.29, 1.82) is 15.8 Å². The molecule has 4 aromatic heterocycles. The van der Waals surface area contributed by atoms with E-state index >= 15 is 0 Å². The van der Waals surface area contributed by atoms with Crippen molar-refractivity contribution < 1.29 is 27.6 Å². The summed E-state index contributed by atoms with van der Waals surface area (Å²) in [6.07, 6.45) is 6.34. The van der Waals surface area contributed by atoms with Crippen LogP contribution in [0.2, 0.25) is 0 Å². The highest BCUT2D eigenvalue weighted by molar-refractivity contribution is 9.11. The summed E-state index contributed by atoms with van der Waals surface area (Å²) in [7, 11) is 0. The zero-order valence-electron chi connectivity index (χ0n) is 60.6. The van der Waals surface area contributed by atoms with Gasteiger partial charge in [-0.3, -0.25) is 14.4 Å². The van der Waals surface area contributed by atoms with E-state index in [9.17, 15) is 27.6 Å². The first kappa shape index (κ1) is 79.2. The molecule has 112 heavy (non-hydrogen) atoms. The Hall–Kier alpha value is -12.3. The summed E-state index contributed by atoms with van der Waals surface area (Å²) in [5.74, 6) is -0.405. The van der Waals surface area contributed by atoms with E-state index < -0.39 is 17.5 Å². The predicted octanol–water partition coefficient (Wildman–Crippen LogP) is 18.4. The highest BCUT2D eigenvalue weighted by Crippen LogP contribution is 2.31. The number of nitriles is 3. The Labute approximate surface area is 674 Å². The Balaban J connectivity index is 0.000000157. The topological polar surface area (TPSA) is 224 Å². The lowest BCUT2D eigenvalue weighted by Gasteiger charge is -2.24. The molecule has 25 heteroatoms. The number of hydrogen-bond donors (Lipinski definition) is 0. The number of fused-ring (bicyclic) bond motifs is 1. The third kappa shape index (κ3) is 21.2. The number of carbonyl (C=O) groups excluding carboxylic acids is 3. The smallest absolute Gasteiger partial charge is 0.264 e. The molecule has 0 N–H and O–H groups in total. The molecule has 18 nitrogen and oxygen atoms in total. The van der Waals surface area contributed by atoms with E-state index in [0.29, 0.717) is 102 Å².